The Hall–Kier alpha value is -0.330. The molecule has 0 aromatic rings. The van der Waals surface area contributed by atoms with Gasteiger partial charge in [-0.1, -0.05) is 6.92 Å². The van der Waals surface area contributed by atoms with Crippen LogP contribution in [0, 0.1) is 23.2 Å². The number of hydrogen-bond acceptors (Lipinski definition) is 1. The average molecular weight is 164 g/mol. The summed E-state index contributed by atoms with van der Waals surface area (Å²) in [5.41, 5.74) is 0.654. The molecule has 1 spiro atoms. The molecule has 0 amide bonds. The predicted molar refractivity (Wildman–Crippen MR) is 46.7 cm³/mol. The molecule has 0 aromatic heterocycles. The second-order valence-corrected chi connectivity index (χ2v) is 5.45. The Morgan fingerprint density at radius 3 is 2.58 bits per heavy atom. The van der Waals surface area contributed by atoms with E-state index in [1.165, 1.54) is 32.1 Å². The van der Waals surface area contributed by atoms with Crippen LogP contribution in [0.3, 0.4) is 0 Å². The molecule has 0 radical (unpaired) electrons. The molecule has 0 aliphatic heterocycles. The standard InChI is InChI=1S/C11H16O/c1-7-2-8-4-11(3-7)5-9(6-11)10(8)12/h7-9H,2-6H2,1H3. The third kappa shape index (κ3) is 0.725. The largest absolute Gasteiger partial charge is 0.299 e. The first-order valence-corrected chi connectivity index (χ1v) is 5.22. The van der Waals surface area contributed by atoms with Gasteiger partial charge in [0.1, 0.15) is 5.78 Å². The van der Waals surface area contributed by atoms with E-state index < -0.39 is 0 Å². The highest BCUT2D eigenvalue weighted by molar-refractivity contribution is 5.86. The Balaban J connectivity index is 1.93. The Labute approximate surface area is 73.5 Å². The van der Waals surface area contributed by atoms with Gasteiger partial charge >= 0.3 is 0 Å². The van der Waals surface area contributed by atoms with Crippen molar-refractivity contribution >= 4 is 5.78 Å². The third-order valence-corrected chi connectivity index (χ3v) is 4.31. The van der Waals surface area contributed by atoms with Crippen molar-refractivity contribution in [3.05, 3.63) is 0 Å². The number of carbonyl (C=O) groups is 1. The maximum Gasteiger partial charge on any atom is 0.139 e. The summed E-state index contributed by atoms with van der Waals surface area (Å²) in [6, 6.07) is 0. The fraction of sp³-hybridized carbons (Fsp3) is 0.909. The van der Waals surface area contributed by atoms with E-state index in [1.807, 2.05) is 0 Å². The summed E-state index contributed by atoms with van der Waals surface area (Å²) < 4.78 is 0. The summed E-state index contributed by atoms with van der Waals surface area (Å²) in [6.07, 6.45) is 6.33. The minimum absolute atomic E-state index is 0.473. The Bertz CT molecular complexity index is 237. The highest BCUT2D eigenvalue weighted by atomic mass is 16.1. The molecule has 4 rings (SSSR count). The molecule has 12 heavy (non-hydrogen) atoms. The fourth-order valence-corrected chi connectivity index (χ4v) is 4.07. The van der Waals surface area contributed by atoms with Gasteiger partial charge in [-0.05, 0) is 43.4 Å². The van der Waals surface area contributed by atoms with E-state index in [0.29, 0.717) is 23.0 Å². The molecule has 4 aliphatic carbocycles. The summed E-state index contributed by atoms with van der Waals surface area (Å²) in [6.45, 7) is 2.32. The van der Waals surface area contributed by atoms with Gasteiger partial charge in [-0.25, -0.2) is 0 Å². The third-order valence-electron chi connectivity index (χ3n) is 4.31. The predicted octanol–water partition coefficient (Wildman–Crippen LogP) is 2.40. The summed E-state index contributed by atoms with van der Waals surface area (Å²) in [5, 5.41) is 0. The molecule has 3 bridgehead atoms. The topological polar surface area (TPSA) is 17.1 Å². The first-order chi connectivity index (χ1) is 5.69. The van der Waals surface area contributed by atoms with Crippen molar-refractivity contribution in [3.63, 3.8) is 0 Å². The van der Waals surface area contributed by atoms with Gasteiger partial charge in [0.05, 0.1) is 0 Å². The zero-order chi connectivity index (χ0) is 8.34. The zero-order valence-corrected chi connectivity index (χ0v) is 7.68. The van der Waals surface area contributed by atoms with E-state index in [-0.39, 0.29) is 0 Å². The summed E-state index contributed by atoms with van der Waals surface area (Å²) in [4.78, 5) is 11.7. The van der Waals surface area contributed by atoms with Crippen molar-refractivity contribution in [3.8, 4) is 0 Å². The van der Waals surface area contributed by atoms with E-state index in [1.54, 1.807) is 0 Å². The molecule has 4 aliphatic rings. The normalized spacial score (nSPS) is 56.4. The lowest BCUT2D eigenvalue weighted by atomic mass is 9.45. The van der Waals surface area contributed by atoms with Crippen LogP contribution in [-0.4, -0.2) is 5.78 Å². The number of rotatable bonds is 0. The van der Waals surface area contributed by atoms with E-state index in [0.717, 1.165) is 5.92 Å². The quantitative estimate of drug-likeness (QED) is 0.537. The van der Waals surface area contributed by atoms with E-state index >= 15 is 0 Å². The molecule has 4 saturated carbocycles. The van der Waals surface area contributed by atoms with Crippen molar-refractivity contribution in [1.29, 1.82) is 0 Å². The van der Waals surface area contributed by atoms with Gasteiger partial charge in [-0.2, -0.15) is 0 Å². The molecule has 2 atom stereocenters. The van der Waals surface area contributed by atoms with Crippen LogP contribution in [0.4, 0.5) is 0 Å². The minimum atomic E-state index is 0.473. The Morgan fingerprint density at radius 2 is 1.83 bits per heavy atom. The van der Waals surface area contributed by atoms with Crippen LogP contribution < -0.4 is 0 Å². The molecule has 0 aromatic carbocycles. The number of carbonyl (C=O) groups excluding carboxylic acids is 1. The number of ketones is 1. The smallest absolute Gasteiger partial charge is 0.139 e. The summed E-state index contributed by atoms with van der Waals surface area (Å²) in [7, 11) is 0. The van der Waals surface area contributed by atoms with Crippen molar-refractivity contribution in [2.45, 2.75) is 39.0 Å². The van der Waals surface area contributed by atoms with Crippen molar-refractivity contribution in [2.24, 2.45) is 23.2 Å². The maximum absolute atomic E-state index is 11.7. The van der Waals surface area contributed by atoms with Crippen LogP contribution in [0.15, 0.2) is 0 Å². The number of Topliss-reactive ketones (excluding diaryl/α,β-unsaturated/α-hetero) is 1. The summed E-state index contributed by atoms with van der Waals surface area (Å²) in [5.74, 6) is 2.40. The van der Waals surface area contributed by atoms with Gasteiger partial charge in [-0.3, -0.25) is 4.79 Å². The van der Waals surface area contributed by atoms with Crippen LogP contribution in [0.5, 0.6) is 0 Å². The lowest BCUT2D eigenvalue weighted by Crippen LogP contribution is -2.54. The lowest BCUT2D eigenvalue weighted by Gasteiger charge is -2.58. The Morgan fingerprint density at radius 1 is 1.17 bits per heavy atom. The van der Waals surface area contributed by atoms with Crippen LogP contribution in [0.2, 0.25) is 0 Å². The zero-order valence-electron chi connectivity index (χ0n) is 7.68. The van der Waals surface area contributed by atoms with E-state index in [4.69, 9.17) is 0 Å². The fourth-order valence-electron chi connectivity index (χ4n) is 4.07. The van der Waals surface area contributed by atoms with Gasteiger partial charge in [-0.15, -0.1) is 0 Å². The van der Waals surface area contributed by atoms with Crippen LogP contribution >= 0.6 is 0 Å². The molecular formula is C11H16O. The van der Waals surface area contributed by atoms with Crippen LogP contribution in [-0.2, 0) is 4.79 Å². The highest BCUT2D eigenvalue weighted by Crippen LogP contribution is 2.62. The van der Waals surface area contributed by atoms with E-state index in [2.05, 4.69) is 6.92 Å². The molecule has 0 heterocycles. The first-order valence-electron chi connectivity index (χ1n) is 5.22. The van der Waals surface area contributed by atoms with Gasteiger partial charge in [0.15, 0.2) is 0 Å². The maximum atomic E-state index is 11.7. The van der Waals surface area contributed by atoms with Crippen molar-refractivity contribution < 1.29 is 4.79 Å². The lowest BCUT2D eigenvalue weighted by molar-refractivity contribution is -0.156. The minimum Gasteiger partial charge on any atom is -0.299 e. The van der Waals surface area contributed by atoms with Gasteiger partial charge in [0, 0.05) is 11.8 Å². The SMILES string of the molecule is CC1CC2CC3(C1)CC(C3)C2=O. The van der Waals surface area contributed by atoms with Crippen LogP contribution in [0.1, 0.15) is 39.0 Å². The van der Waals surface area contributed by atoms with Crippen molar-refractivity contribution in [1.82, 2.24) is 0 Å². The molecule has 2 unspecified atom stereocenters. The Kier molecular flexibility index (Phi) is 1.15. The molecule has 66 valence electrons. The van der Waals surface area contributed by atoms with Gasteiger partial charge < -0.3 is 0 Å². The molecule has 0 N–H and O–H groups in total. The first kappa shape index (κ1) is 7.11. The molecule has 0 saturated heterocycles. The second kappa shape index (κ2) is 1.94. The number of hydrogen-bond donors (Lipinski definition) is 0. The molecule has 4 fully saturated rings. The monoisotopic (exact) mass is 164 g/mol. The van der Waals surface area contributed by atoms with Crippen LogP contribution in [0.25, 0.3) is 0 Å². The average Bonchev–Trinajstić information content (AvgIpc) is 1.94. The van der Waals surface area contributed by atoms with Gasteiger partial charge in [0.25, 0.3) is 0 Å². The van der Waals surface area contributed by atoms with Crippen molar-refractivity contribution in [2.75, 3.05) is 0 Å². The molecular weight excluding hydrogens is 148 g/mol. The van der Waals surface area contributed by atoms with Gasteiger partial charge in [0.2, 0.25) is 0 Å². The highest BCUT2D eigenvalue weighted by Gasteiger charge is 2.57. The van der Waals surface area contributed by atoms with E-state index in [9.17, 15) is 4.79 Å². The molecule has 1 nitrogen and oxygen atoms in total. The second-order valence-electron chi connectivity index (χ2n) is 5.45. The molecule has 1 heteroatoms. The summed E-state index contributed by atoms with van der Waals surface area (Å²) >= 11 is 0.